The van der Waals surface area contributed by atoms with Crippen LogP contribution in [-0.4, -0.2) is 31.4 Å². The van der Waals surface area contributed by atoms with E-state index in [0.29, 0.717) is 0 Å². The minimum absolute atomic E-state index is 0.105. The van der Waals surface area contributed by atoms with Gasteiger partial charge in [-0.2, -0.15) is 26.5 Å². The fourth-order valence-electron chi connectivity index (χ4n) is 6.27. The van der Waals surface area contributed by atoms with E-state index in [9.17, 15) is 0 Å². The Balaban J connectivity index is 1.41. The molecule has 0 aliphatic carbocycles. The van der Waals surface area contributed by atoms with Gasteiger partial charge in [0.05, 0.1) is 32.9 Å². The van der Waals surface area contributed by atoms with E-state index in [4.69, 9.17) is 15.0 Å². The molecule has 3 aromatic heterocycles. The summed E-state index contributed by atoms with van der Waals surface area (Å²) in [6, 6.07) is 23.1. The van der Waals surface area contributed by atoms with Crippen molar-refractivity contribution in [1.82, 2.24) is 25.1 Å². The average Bonchev–Trinajstić information content (AvgIpc) is 2.99. The number of hydrogen-bond donors (Lipinski definition) is 0. The molecule has 3 heterocycles. The van der Waals surface area contributed by atoms with Gasteiger partial charge in [-0.25, -0.2) is 9.97 Å². The summed E-state index contributed by atoms with van der Waals surface area (Å²) in [5, 5.41) is 13.3. The first kappa shape index (κ1) is 28.2. The highest BCUT2D eigenvalue weighted by Crippen LogP contribution is 2.40. The van der Waals surface area contributed by atoms with Crippen LogP contribution in [0.5, 0.6) is 0 Å². The SMILES string of the molecule is CSC(C)(C)c1nc[n+](-c2cccc3nc(C(C)(C)CC(C)(C)c4nncc5ccccc45)ncc23)c2ccccc12. The van der Waals surface area contributed by atoms with Crippen molar-refractivity contribution in [3.63, 3.8) is 0 Å². The van der Waals surface area contributed by atoms with Gasteiger partial charge in [-0.05, 0) is 50.8 Å². The van der Waals surface area contributed by atoms with Crippen molar-refractivity contribution in [2.24, 2.45) is 0 Å². The van der Waals surface area contributed by atoms with Crippen molar-refractivity contribution in [3.8, 4) is 5.69 Å². The normalized spacial score (nSPS) is 12.8. The van der Waals surface area contributed by atoms with Gasteiger partial charge in [-0.1, -0.05) is 75.1 Å². The van der Waals surface area contributed by atoms with Gasteiger partial charge < -0.3 is 0 Å². The summed E-state index contributed by atoms with van der Waals surface area (Å²) >= 11 is 1.81. The van der Waals surface area contributed by atoms with Crippen LogP contribution in [0.1, 0.15) is 65.2 Å². The highest BCUT2D eigenvalue weighted by molar-refractivity contribution is 7.99. The Morgan fingerprint density at radius 3 is 2.24 bits per heavy atom. The Morgan fingerprint density at radius 1 is 0.714 bits per heavy atom. The molecule has 0 bridgehead atoms. The second kappa shape index (κ2) is 10.4. The quantitative estimate of drug-likeness (QED) is 0.183. The molecule has 0 unspecified atom stereocenters. The number of aromatic nitrogens is 6. The molecule has 3 aromatic carbocycles. The maximum absolute atomic E-state index is 5.14. The zero-order valence-corrected chi connectivity index (χ0v) is 26.2. The monoisotopic (exact) mass is 573 g/mol. The molecule has 0 N–H and O–H groups in total. The molecular formula is C35H37N6S+. The van der Waals surface area contributed by atoms with E-state index < -0.39 is 0 Å². The fraction of sp³-hybridized carbons (Fsp3) is 0.314. The third kappa shape index (κ3) is 4.90. The molecule has 6 aromatic rings. The van der Waals surface area contributed by atoms with Gasteiger partial charge in [-0.15, -0.1) is 0 Å². The summed E-state index contributed by atoms with van der Waals surface area (Å²) in [5.41, 5.74) is 4.57. The first-order valence-corrected chi connectivity index (χ1v) is 15.6. The Labute approximate surface area is 251 Å². The number of thioether (sulfide) groups is 1. The number of hydrogen-bond acceptors (Lipinski definition) is 6. The third-order valence-electron chi connectivity index (χ3n) is 8.36. The second-order valence-electron chi connectivity index (χ2n) is 12.8. The Kier molecular flexibility index (Phi) is 6.97. The van der Waals surface area contributed by atoms with Crippen LogP contribution in [0.2, 0.25) is 0 Å². The summed E-state index contributed by atoms with van der Waals surface area (Å²) in [7, 11) is 0. The van der Waals surface area contributed by atoms with Crippen molar-refractivity contribution in [1.29, 1.82) is 0 Å². The average molecular weight is 574 g/mol. The standard InChI is InChI=1S/C35H37N6S/c1-33(2,30-24-14-9-8-13-23(24)19-38-40-30)21-34(3,4)32-36-20-26-27(39-32)16-12-18-29(26)41-22-37-31(35(5,6)42-7)25-15-10-11-17-28(25)41/h8-20,22H,21H2,1-7H3/q+1. The molecule has 6 rings (SSSR count). The Bertz CT molecular complexity index is 1940. The minimum atomic E-state index is -0.307. The summed E-state index contributed by atoms with van der Waals surface area (Å²) in [5.74, 6) is 0.818. The maximum Gasteiger partial charge on any atom is 0.292 e. The smallest absolute Gasteiger partial charge is 0.240 e. The van der Waals surface area contributed by atoms with E-state index in [1.807, 2.05) is 24.8 Å². The second-order valence-corrected chi connectivity index (χ2v) is 14.3. The fourth-order valence-corrected chi connectivity index (χ4v) is 6.63. The summed E-state index contributed by atoms with van der Waals surface area (Å²) in [6.45, 7) is 13.4. The zero-order valence-electron chi connectivity index (χ0n) is 25.4. The molecule has 7 heteroatoms. The molecule has 6 nitrogen and oxygen atoms in total. The van der Waals surface area contributed by atoms with Crippen molar-refractivity contribution in [2.75, 3.05) is 6.26 Å². The molecule has 0 saturated carbocycles. The van der Waals surface area contributed by atoms with Gasteiger partial charge in [0.2, 0.25) is 0 Å². The van der Waals surface area contributed by atoms with Crippen molar-refractivity contribution in [3.05, 3.63) is 103 Å². The van der Waals surface area contributed by atoms with Crippen LogP contribution < -0.4 is 4.57 Å². The number of fused-ring (bicyclic) bond motifs is 3. The molecule has 0 aliphatic heterocycles. The van der Waals surface area contributed by atoms with E-state index in [0.717, 1.165) is 61.9 Å². The third-order valence-corrected chi connectivity index (χ3v) is 9.58. The van der Waals surface area contributed by atoms with E-state index in [1.54, 1.807) is 11.8 Å². The lowest BCUT2D eigenvalue weighted by Gasteiger charge is -2.34. The van der Waals surface area contributed by atoms with Crippen LogP contribution in [0.25, 0.3) is 38.3 Å². The highest BCUT2D eigenvalue weighted by Gasteiger charge is 2.36. The van der Waals surface area contributed by atoms with Crippen LogP contribution in [-0.2, 0) is 15.6 Å². The lowest BCUT2D eigenvalue weighted by atomic mass is 9.72. The van der Waals surface area contributed by atoms with E-state index in [1.165, 1.54) is 0 Å². The maximum atomic E-state index is 5.14. The Hall–Kier alpha value is -3.97. The van der Waals surface area contributed by atoms with Gasteiger partial charge in [0.15, 0.2) is 5.69 Å². The summed E-state index contributed by atoms with van der Waals surface area (Å²) < 4.78 is 2.06. The molecule has 0 fully saturated rings. The first-order valence-electron chi connectivity index (χ1n) is 14.3. The van der Waals surface area contributed by atoms with Crippen LogP contribution in [0.15, 0.2) is 85.5 Å². The molecule has 0 saturated heterocycles. The highest BCUT2D eigenvalue weighted by atomic mass is 32.2. The molecule has 42 heavy (non-hydrogen) atoms. The van der Waals surface area contributed by atoms with E-state index in [2.05, 4.69) is 123 Å². The van der Waals surface area contributed by atoms with Gasteiger partial charge in [-0.3, -0.25) is 0 Å². The molecular weight excluding hydrogens is 536 g/mol. The molecule has 0 spiro atoms. The summed E-state index contributed by atoms with van der Waals surface area (Å²) in [6.07, 6.45) is 8.69. The first-order chi connectivity index (χ1) is 20.0. The van der Waals surface area contributed by atoms with Crippen LogP contribution >= 0.6 is 11.8 Å². The number of nitrogens with zero attached hydrogens (tertiary/aromatic N) is 6. The van der Waals surface area contributed by atoms with Gasteiger partial charge >= 0.3 is 0 Å². The van der Waals surface area contributed by atoms with Crippen LogP contribution in [0, 0.1) is 0 Å². The largest absolute Gasteiger partial charge is 0.292 e. The topological polar surface area (TPSA) is 68.3 Å². The van der Waals surface area contributed by atoms with E-state index >= 15 is 0 Å². The zero-order chi connectivity index (χ0) is 29.7. The van der Waals surface area contributed by atoms with Gasteiger partial charge in [0.1, 0.15) is 17.0 Å². The van der Waals surface area contributed by atoms with Crippen molar-refractivity contribution >= 4 is 44.3 Å². The van der Waals surface area contributed by atoms with Gasteiger partial charge in [0.25, 0.3) is 6.33 Å². The van der Waals surface area contributed by atoms with Crippen molar-refractivity contribution < 1.29 is 4.57 Å². The minimum Gasteiger partial charge on any atom is -0.240 e. The van der Waals surface area contributed by atoms with Crippen LogP contribution in [0.4, 0.5) is 0 Å². The molecule has 0 radical (unpaired) electrons. The van der Waals surface area contributed by atoms with Crippen molar-refractivity contribution in [2.45, 2.75) is 63.5 Å². The van der Waals surface area contributed by atoms with Crippen LogP contribution in [0.3, 0.4) is 0 Å². The predicted molar refractivity (Wildman–Crippen MR) is 173 cm³/mol. The molecule has 0 aliphatic rings. The summed E-state index contributed by atoms with van der Waals surface area (Å²) in [4.78, 5) is 15.1. The lowest BCUT2D eigenvalue weighted by molar-refractivity contribution is -0.569. The number of para-hydroxylation sites is 1. The number of rotatable bonds is 7. The Morgan fingerprint density at radius 2 is 1.45 bits per heavy atom. The van der Waals surface area contributed by atoms with Gasteiger partial charge in [0, 0.05) is 27.8 Å². The number of benzene rings is 3. The van der Waals surface area contributed by atoms with E-state index in [-0.39, 0.29) is 15.6 Å². The molecule has 212 valence electrons. The lowest BCUT2D eigenvalue weighted by Crippen LogP contribution is -2.34. The molecule has 0 amide bonds. The predicted octanol–water partition coefficient (Wildman–Crippen LogP) is 7.64. The molecule has 0 atom stereocenters.